The van der Waals surface area contributed by atoms with Crippen LogP contribution in [0.3, 0.4) is 0 Å². The molecule has 28 heavy (non-hydrogen) atoms. The highest BCUT2D eigenvalue weighted by molar-refractivity contribution is 7.71. The summed E-state index contributed by atoms with van der Waals surface area (Å²) in [5.41, 5.74) is 2.17. The average molecular weight is 399 g/mol. The van der Waals surface area contributed by atoms with Gasteiger partial charge < -0.3 is 4.52 Å². The molecule has 0 N–H and O–H groups in total. The Morgan fingerprint density at radius 3 is 2.39 bits per heavy atom. The molecular weight excluding hydrogens is 372 g/mol. The van der Waals surface area contributed by atoms with Crippen LogP contribution in [0.4, 0.5) is 0 Å². The molecule has 1 fully saturated rings. The summed E-state index contributed by atoms with van der Waals surface area (Å²) in [7, 11) is 0. The predicted molar refractivity (Wildman–Crippen MR) is 109 cm³/mol. The highest BCUT2D eigenvalue weighted by atomic mass is 32.1. The largest absolute Gasteiger partial charge is 0.360 e. The van der Waals surface area contributed by atoms with E-state index in [2.05, 4.69) is 48.9 Å². The van der Waals surface area contributed by atoms with Crippen molar-refractivity contribution in [2.75, 3.05) is 26.2 Å². The van der Waals surface area contributed by atoms with Gasteiger partial charge >= 0.3 is 0 Å². The van der Waals surface area contributed by atoms with Crippen molar-refractivity contribution in [2.24, 2.45) is 0 Å². The Labute approximate surface area is 170 Å². The third-order valence-corrected chi connectivity index (χ3v) is 5.58. The first-order valence-electron chi connectivity index (χ1n) is 9.63. The fourth-order valence-corrected chi connectivity index (χ4v) is 3.87. The zero-order valence-electron chi connectivity index (χ0n) is 16.4. The molecule has 1 aromatic carbocycles. The van der Waals surface area contributed by atoms with Gasteiger partial charge in [-0.3, -0.25) is 14.4 Å². The SMILES string of the molecule is Cc1cc(CN2CCN(Cn3nc(C)n(Cc4ccccc4)c3=S)CC2)on1. The first-order valence-corrected chi connectivity index (χ1v) is 10.0. The van der Waals surface area contributed by atoms with Crippen LogP contribution in [0, 0.1) is 18.6 Å². The number of hydrogen-bond donors (Lipinski definition) is 0. The summed E-state index contributed by atoms with van der Waals surface area (Å²) >= 11 is 5.70. The van der Waals surface area contributed by atoms with E-state index in [9.17, 15) is 0 Å². The van der Waals surface area contributed by atoms with E-state index in [1.54, 1.807) is 0 Å². The molecule has 3 aromatic rings. The lowest BCUT2D eigenvalue weighted by Crippen LogP contribution is -2.46. The second-order valence-corrected chi connectivity index (χ2v) is 7.74. The minimum absolute atomic E-state index is 0.733. The van der Waals surface area contributed by atoms with Gasteiger partial charge in [0.15, 0.2) is 10.5 Å². The van der Waals surface area contributed by atoms with Crippen LogP contribution >= 0.6 is 12.2 Å². The zero-order valence-corrected chi connectivity index (χ0v) is 17.2. The predicted octanol–water partition coefficient (Wildman–Crippen LogP) is 2.84. The van der Waals surface area contributed by atoms with E-state index in [-0.39, 0.29) is 0 Å². The van der Waals surface area contributed by atoms with Gasteiger partial charge in [-0.2, -0.15) is 5.10 Å². The minimum atomic E-state index is 0.733. The molecule has 0 spiro atoms. The van der Waals surface area contributed by atoms with Crippen molar-refractivity contribution in [3.8, 4) is 0 Å². The maximum atomic E-state index is 5.70. The molecule has 3 heterocycles. The van der Waals surface area contributed by atoms with Gasteiger partial charge in [0.2, 0.25) is 0 Å². The van der Waals surface area contributed by atoms with Crippen LogP contribution in [0.2, 0.25) is 0 Å². The molecule has 0 aliphatic carbocycles. The van der Waals surface area contributed by atoms with Gasteiger partial charge in [0.05, 0.1) is 25.5 Å². The standard InChI is InChI=1S/C20H26N6OS/c1-16-12-19(27-22-16)14-23-8-10-24(11-9-23)15-26-20(28)25(17(2)21-26)13-18-6-4-3-5-7-18/h3-7,12H,8-11,13-15H2,1-2H3. The van der Waals surface area contributed by atoms with Gasteiger partial charge in [0.25, 0.3) is 0 Å². The normalized spacial score (nSPS) is 15.9. The Bertz CT molecular complexity index is 968. The second kappa shape index (κ2) is 8.38. The van der Waals surface area contributed by atoms with Crippen molar-refractivity contribution in [1.29, 1.82) is 0 Å². The van der Waals surface area contributed by atoms with E-state index in [0.29, 0.717) is 0 Å². The van der Waals surface area contributed by atoms with Crippen LogP contribution in [-0.4, -0.2) is 55.5 Å². The highest BCUT2D eigenvalue weighted by Crippen LogP contribution is 2.12. The van der Waals surface area contributed by atoms with E-state index >= 15 is 0 Å². The van der Waals surface area contributed by atoms with Gasteiger partial charge in [-0.15, -0.1) is 0 Å². The third kappa shape index (κ3) is 4.40. The zero-order chi connectivity index (χ0) is 19.5. The molecule has 0 bridgehead atoms. The molecule has 2 aromatic heterocycles. The Balaban J connectivity index is 1.35. The van der Waals surface area contributed by atoms with Crippen LogP contribution < -0.4 is 0 Å². The van der Waals surface area contributed by atoms with Crippen LogP contribution in [0.1, 0.15) is 22.8 Å². The topological polar surface area (TPSA) is 55.3 Å². The van der Waals surface area contributed by atoms with Crippen LogP contribution in [0.25, 0.3) is 0 Å². The lowest BCUT2D eigenvalue weighted by atomic mass is 10.2. The summed E-state index contributed by atoms with van der Waals surface area (Å²) in [6.07, 6.45) is 0. The quantitative estimate of drug-likeness (QED) is 0.595. The molecule has 0 saturated carbocycles. The Morgan fingerprint density at radius 2 is 1.71 bits per heavy atom. The fraction of sp³-hybridized carbons (Fsp3) is 0.450. The molecule has 0 unspecified atom stereocenters. The summed E-state index contributed by atoms with van der Waals surface area (Å²) < 4.78 is 10.2. The van der Waals surface area contributed by atoms with Crippen molar-refractivity contribution in [1.82, 2.24) is 29.3 Å². The van der Waals surface area contributed by atoms with Gasteiger partial charge in [0.1, 0.15) is 5.82 Å². The van der Waals surface area contributed by atoms with Crippen molar-refractivity contribution < 1.29 is 4.52 Å². The lowest BCUT2D eigenvalue weighted by Gasteiger charge is -2.33. The van der Waals surface area contributed by atoms with E-state index < -0.39 is 0 Å². The fourth-order valence-electron chi connectivity index (χ4n) is 3.58. The maximum Gasteiger partial charge on any atom is 0.199 e. The molecule has 148 valence electrons. The number of aromatic nitrogens is 4. The molecule has 0 atom stereocenters. The van der Waals surface area contributed by atoms with Crippen molar-refractivity contribution >= 4 is 12.2 Å². The Morgan fingerprint density at radius 1 is 1.00 bits per heavy atom. The monoisotopic (exact) mass is 398 g/mol. The molecular formula is C20H26N6OS. The minimum Gasteiger partial charge on any atom is -0.360 e. The van der Waals surface area contributed by atoms with Crippen LogP contribution in [0.5, 0.6) is 0 Å². The van der Waals surface area contributed by atoms with Crippen LogP contribution in [0.15, 0.2) is 40.9 Å². The van der Waals surface area contributed by atoms with E-state index in [4.69, 9.17) is 16.7 Å². The first kappa shape index (κ1) is 19.0. The Kier molecular flexibility index (Phi) is 5.70. The number of nitrogens with zero attached hydrogens (tertiary/aromatic N) is 6. The summed E-state index contributed by atoms with van der Waals surface area (Å²) in [5, 5.41) is 8.65. The van der Waals surface area contributed by atoms with Crippen molar-refractivity contribution in [3.63, 3.8) is 0 Å². The number of rotatable bonds is 6. The molecule has 1 aliphatic rings. The van der Waals surface area contributed by atoms with Gasteiger partial charge in [0, 0.05) is 32.2 Å². The van der Waals surface area contributed by atoms with E-state index in [0.717, 1.165) is 68.0 Å². The molecule has 1 aliphatic heterocycles. The maximum absolute atomic E-state index is 5.70. The molecule has 8 heteroatoms. The average Bonchev–Trinajstić information content (AvgIpc) is 3.22. The number of benzene rings is 1. The summed E-state index contributed by atoms with van der Waals surface area (Å²) in [5.74, 6) is 1.89. The molecule has 1 saturated heterocycles. The van der Waals surface area contributed by atoms with Crippen molar-refractivity contribution in [3.05, 3.63) is 64.0 Å². The number of aryl methyl sites for hydroxylation is 2. The van der Waals surface area contributed by atoms with E-state index in [1.165, 1.54) is 5.56 Å². The molecule has 0 radical (unpaired) electrons. The van der Waals surface area contributed by atoms with Gasteiger partial charge in [-0.05, 0) is 31.6 Å². The van der Waals surface area contributed by atoms with Crippen molar-refractivity contribution in [2.45, 2.75) is 33.6 Å². The highest BCUT2D eigenvalue weighted by Gasteiger charge is 2.19. The third-order valence-electron chi connectivity index (χ3n) is 5.15. The van der Waals surface area contributed by atoms with Gasteiger partial charge in [-0.25, -0.2) is 4.68 Å². The first-order chi connectivity index (χ1) is 13.6. The summed E-state index contributed by atoms with van der Waals surface area (Å²) in [4.78, 5) is 4.80. The van der Waals surface area contributed by atoms with Crippen LogP contribution in [-0.2, 0) is 19.8 Å². The number of piperazine rings is 1. The van der Waals surface area contributed by atoms with Gasteiger partial charge in [-0.1, -0.05) is 35.5 Å². The smallest absolute Gasteiger partial charge is 0.199 e. The molecule has 7 nitrogen and oxygen atoms in total. The number of hydrogen-bond acceptors (Lipinski definition) is 6. The summed E-state index contributed by atoms with van der Waals surface area (Å²) in [6, 6.07) is 12.4. The lowest BCUT2D eigenvalue weighted by molar-refractivity contribution is 0.0919. The van der Waals surface area contributed by atoms with E-state index in [1.807, 2.05) is 30.7 Å². The second-order valence-electron chi connectivity index (χ2n) is 7.37. The summed E-state index contributed by atoms with van der Waals surface area (Å²) in [6.45, 7) is 10.2. The molecule has 0 amide bonds. The molecule has 4 rings (SSSR count). The Hall–Kier alpha value is -2.29.